The largest absolute Gasteiger partial charge is 0.492 e. The van der Waals surface area contributed by atoms with Crippen molar-refractivity contribution in [2.45, 2.75) is 19.4 Å². The summed E-state index contributed by atoms with van der Waals surface area (Å²) >= 11 is 13.0. The summed E-state index contributed by atoms with van der Waals surface area (Å²) in [6.45, 7) is 2.78. The Labute approximate surface area is 146 Å². The van der Waals surface area contributed by atoms with Crippen LogP contribution in [-0.2, 0) is 0 Å². The highest BCUT2D eigenvalue weighted by molar-refractivity contribution is 9.10. The van der Waals surface area contributed by atoms with Crippen LogP contribution in [0.5, 0.6) is 5.75 Å². The summed E-state index contributed by atoms with van der Waals surface area (Å²) in [4.78, 5) is 0. The summed E-state index contributed by atoms with van der Waals surface area (Å²) in [6, 6.07) is 11.3. The van der Waals surface area contributed by atoms with Gasteiger partial charge in [-0.05, 0) is 57.7 Å². The molecule has 0 fully saturated rings. The van der Waals surface area contributed by atoms with E-state index in [1.165, 1.54) is 0 Å². The molecule has 0 aromatic heterocycles. The number of halogens is 3. The van der Waals surface area contributed by atoms with Crippen molar-refractivity contribution in [3.05, 3.63) is 61.5 Å². The van der Waals surface area contributed by atoms with E-state index in [2.05, 4.69) is 38.8 Å². The average Bonchev–Trinajstić information content (AvgIpc) is 2.45. The number of ether oxygens (including phenoxy) is 1. The third-order valence-electron chi connectivity index (χ3n) is 3.07. The molecule has 2 rings (SSSR count). The van der Waals surface area contributed by atoms with Crippen LogP contribution in [0.25, 0.3) is 0 Å². The van der Waals surface area contributed by atoms with Gasteiger partial charge in [-0.2, -0.15) is 0 Å². The van der Waals surface area contributed by atoms with Gasteiger partial charge >= 0.3 is 0 Å². The average molecular weight is 434 g/mol. The molecule has 112 valence electrons. The van der Waals surface area contributed by atoms with Crippen LogP contribution >= 0.6 is 43.5 Å². The molecular formula is C16H16Br2ClNO. The number of hydrogen-bond acceptors (Lipinski definition) is 2. The molecule has 0 heterocycles. The summed E-state index contributed by atoms with van der Waals surface area (Å²) in [5.74, 6) is 0.836. The first-order chi connectivity index (χ1) is 10.0. The molecule has 2 nitrogen and oxygen atoms in total. The van der Waals surface area contributed by atoms with E-state index in [0.29, 0.717) is 11.6 Å². The molecule has 2 N–H and O–H groups in total. The monoisotopic (exact) mass is 431 g/mol. The molecule has 0 bridgehead atoms. The van der Waals surface area contributed by atoms with Crippen molar-refractivity contribution >= 4 is 43.5 Å². The van der Waals surface area contributed by atoms with E-state index >= 15 is 0 Å². The van der Waals surface area contributed by atoms with Gasteiger partial charge in [0.25, 0.3) is 0 Å². The molecule has 0 aliphatic carbocycles. The van der Waals surface area contributed by atoms with Crippen molar-refractivity contribution < 1.29 is 4.74 Å². The van der Waals surface area contributed by atoms with Crippen LogP contribution in [0.2, 0.25) is 5.02 Å². The second kappa shape index (κ2) is 7.63. The van der Waals surface area contributed by atoms with Crippen LogP contribution in [-0.4, -0.2) is 6.61 Å². The molecule has 0 aliphatic heterocycles. The van der Waals surface area contributed by atoms with Crippen molar-refractivity contribution in [1.29, 1.82) is 0 Å². The minimum absolute atomic E-state index is 0.229. The first-order valence-corrected chi connectivity index (χ1v) is 8.62. The Morgan fingerprint density at radius 2 is 1.90 bits per heavy atom. The summed E-state index contributed by atoms with van der Waals surface area (Å²) in [7, 11) is 0. The van der Waals surface area contributed by atoms with Gasteiger partial charge in [-0.3, -0.25) is 0 Å². The van der Waals surface area contributed by atoms with Gasteiger partial charge in [0.05, 0.1) is 17.1 Å². The zero-order valence-corrected chi connectivity index (χ0v) is 15.5. The maximum Gasteiger partial charge on any atom is 0.133 e. The van der Waals surface area contributed by atoms with Crippen molar-refractivity contribution in [2.24, 2.45) is 5.73 Å². The lowest BCUT2D eigenvalue weighted by molar-refractivity contribution is 0.315. The molecule has 1 unspecified atom stereocenters. The Kier molecular flexibility index (Phi) is 6.11. The van der Waals surface area contributed by atoms with Crippen LogP contribution in [0, 0.1) is 0 Å². The van der Waals surface area contributed by atoms with Gasteiger partial charge in [-0.15, -0.1) is 0 Å². The third kappa shape index (κ3) is 4.22. The molecule has 0 spiro atoms. The Bertz CT molecular complexity index is 634. The van der Waals surface area contributed by atoms with Gasteiger partial charge in [0.2, 0.25) is 0 Å². The molecule has 0 amide bonds. The smallest absolute Gasteiger partial charge is 0.133 e. The lowest BCUT2D eigenvalue weighted by Crippen LogP contribution is -2.12. The fourth-order valence-electron chi connectivity index (χ4n) is 1.97. The molecule has 0 saturated carbocycles. The predicted octanol–water partition coefficient (Wildman–Crippen LogP) is 5.70. The van der Waals surface area contributed by atoms with E-state index in [0.717, 1.165) is 32.2 Å². The van der Waals surface area contributed by atoms with Crippen LogP contribution in [0.1, 0.15) is 30.5 Å². The molecule has 21 heavy (non-hydrogen) atoms. The van der Waals surface area contributed by atoms with E-state index < -0.39 is 0 Å². The van der Waals surface area contributed by atoms with Gasteiger partial charge in [0.1, 0.15) is 5.75 Å². The topological polar surface area (TPSA) is 35.2 Å². The van der Waals surface area contributed by atoms with E-state index in [4.69, 9.17) is 22.1 Å². The fraction of sp³-hybridized carbons (Fsp3) is 0.250. The Morgan fingerprint density at radius 1 is 1.14 bits per heavy atom. The Hall–Kier alpha value is -0.550. The first kappa shape index (κ1) is 16.8. The maximum atomic E-state index is 6.35. The van der Waals surface area contributed by atoms with Crippen LogP contribution < -0.4 is 10.5 Å². The quantitative estimate of drug-likeness (QED) is 0.656. The Balaban J connectivity index is 2.27. The van der Waals surface area contributed by atoms with E-state index in [-0.39, 0.29) is 6.04 Å². The molecule has 1 atom stereocenters. The minimum atomic E-state index is -0.229. The summed E-state index contributed by atoms with van der Waals surface area (Å²) in [6.07, 6.45) is 0.978. The third-order valence-corrected chi connectivity index (χ3v) is 4.62. The van der Waals surface area contributed by atoms with Crippen LogP contribution in [0.4, 0.5) is 0 Å². The van der Waals surface area contributed by atoms with E-state index in [1.807, 2.05) is 36.4 Å². The maximum absolute atomic E-state index is 6.35. The van der Waals surface area contributed by atoms with Gasteiger partial charge in [-0.1, -0.05) is 46.6 Å². The lowest BCUT2D eigenvalue weighted by atomic mass is 10.00. The van der Waals surface area contributed by atoms with E-state index in [9.17, 15) is 0 Å². The Morgan fingerprint density at radius 3 is 2.52 bits per heavy atom. The fourth-order valence-corrected chi connectivity index (χ4v) is 3.41. The zero-order valence-electron chi connectivity index (χ0n) is 11.6. The second-order valence-electron chi connectivity index (χ2n) is 4.68. The number of nitrogens with two attached hydrogens (primary N) is 1. The minimum Gasteiger partial charge on any atom is -0.492 e. The number of hydrogen-bond donors (Lipinski definition) is 1. The summed E-state index contributed by atoms with van der Waals surface area (Å²) < 4.78 is 7.47. The molecular weight excluding hydrogens is 417 g/mol. The number of benzene rings is 2. The molecule has 0 saturated heterocycles. The number of rotatable bonds is 5. The molecule has 2 aromatic carbocycles. The van der Waals surface area contributed by atoms with Gasteiger partial charge in [-0.25, -0.2) is 0 Å². The predicted molar refractivity (Wildman–Crippen MR) is 95.1 cm³/mol. The summed E-state index contributed by atoms with van der Waals surface area (Å²) in [5, 5.41) is 0.683. The highest BCUT2D eigenvalue weighted by atomic mass is 79.9. The molecule has 5 heteroatoms. The van der Waals surface area contributed by atoms with Crippen molar-refractivity contribution in [3.63, 3.8) is 0 Å². The standard InChI is InChI=1S/C16H16Br2ClNO/c1-2-7-21-15-6-3-10(8-14(15)18)16(20)12-5-4-11(19)9-13(12)17/h3-6,8-9,16H,2,7,20H2,1H3. The van der Waals surface area contributed by atoms with Gasteiger partial charge in [0.15, 0.2) is 0 Å². The van der Waals surface area contributed by atoms with Crippen molar-refractivity contribution in [1.82, 2.24) is 0 Å². The summed E-state index contributed by atoms with van der Waals surface area (Å²) in [5.41, 5.74) is 8.35. The highest BCUT2D eigenvalue weighted by Gasteiger charge is 2.14. The van der Waals surface area contributed by atoms with Crippen molar-refractivity contribution in [3.8, 4) is 5.75 Å². The molecule has 0 radical (unpaired) electrons. The van der Waals surface area contributed by atoms with E-state index in [1.54, 1.807) is 0 Å². The second-order valence-corrected chi connectivity index (χ2v) is 6.83. The van der Waals surface area contributed by atoms with Gasteiger partial charge in [0, 0.05) is 9.50 Å². The van der Waals surface area contributed by atoms with Crippen LogP contribution in [0.3, 0.4) is 0 Å². The normalized spacial score (nSPS) is 12.2. The SMILES string of the molecule is CCCOc1ccc(C(N)c2ccc(Cl)cc2Br)cc1Br. The molecule has 2 aromatic rings. The zero-order chi connectivity index (χ0) is 15.4. The van der Waals surface area contributed by atoms with Crippen molar-refractivity contribution in [2.75, 3.05) is 6.61 Å². The van der Waals surface area contributed by atoms with Gasteiger partial charge < -0.3 is 10.5 Å². The first-order valence-electron chi connectivity index (χ1n) is 6.65. The highest BCUT2D eigenvalue weighted by Crippen LogP contribution is 2.33. The lowest BCUT2D eigenvalue weighted by Gasteiger charge is -2.16. The van der Waals surface area contributed by atoms with Crippen LogP contribution in [0.15, 0.2) is 45.3 Å². The molecule has 0 aliphatic rings.